The third-order valence-electron chi connectivity index (χ3n) is 4.42. The average molecular weight is 472 g/mol. The molecule has 0 bridgehead atoms. The molecule has 0 atom stereocenters. The highest BCUT2D eigenvalue weighted by atomic mass is 35.5. The molecule has 3 aromatic rings. The zero-order chi connectivity index (χ0) is 21.3. The van der Waals surface area contributed by atoms with E-state index in [1.165, 1.54) is 28.4 Å². The molecule has 0 saturated carbocycles. The number of hydrogen-bond acceptors (Lipinski definition) is 4. The van der Waals surface area contributed by atoms with Gasteiger partial charge in [0.15, 0.2) is 0 Å². The summed E-state index contributed by atoms with van der Waals surface area (Å²) < 4.78 is 0. The van der Waals surface area contributed by atoms with Crippen LogP contribution in [0, 0.1) is 6.92 Å². The van der Waals surface area contributed by atoms with E-state index in [-0.39, 0.29) is 11.8 Å². The van der Waals surface area contributed by atoms with E-state index in [4.69, 9.17) is 23.2 Å². The van der Waals surface area contributed by atoms with E-state index in [1.54, 1.807) is 30.3 Å². The van der Waals surface area contributed by atoms with Gasteiger partial charge in [-0.1, -0.05) is 64.9 Å². The van der Waals surface area contributed by atoms with Gasteiger partial charge in [-0.05, 0) is 67.1 Å². The Morgan fingerprint density at radius 3 is 1.53 bits per heavy atom. The summed E-state index contributed by atoms with van der Waals surface area (Å²) in [6, 6.07) is 21.7. The molecule has 4 rings (SSSR count). The minimum atomic E-state index is -0.328. The highest BCUT2D eigenvalue weighted by Gasteiger charge is 2.40. The van der Waals surface area contributed by atoms with Gasteiger partial charge in [-0.25, -0.2) is 4.90 Å². The Kier molecular flexibility index (Phi) is 6.25. The number of imide groups is 1. The van der Waals surface area contributed by atoms with Crippen molar-refractivity contribution in [3.63, 3.8) is 0 Å². The van der Waals surface area contributed by atoms with Crippen LogP contribution in [-0.4, -0.2) is 11.8 Å². The van der Waals surface area contributed by atoms with Gasteiger partial charge in [-0.2, -0.15) is 0 Å². The maximum Gasteiger partial charge on any atom is 0.273 e. The molecule has 0 saturated heterocycles. The molecule has 0 fully saturated rings. The van der Waals surface area contributed by atoms with Crippen molar-refractivity contribution < 1.29 is 9.59 Å². The first-order valence-corrected chi connectivity index (χ1v) is 11.4. The standard InChI is InChI=1S/C23H15Cl2NO2S2/c1-14-4-2-3-5-19(14)26-22(27)20(29-17-10-6-15(24)7-11-17)21(23(26)28)30-18-12-8-16(25)9-13-18/h2-13H,1H3. The first kappa shape index (κ1) is 21.1. The van der Waals surface area contributed by atoms with E-state index in [0.29, 0.717) is 25.5 Å². The zero-order valence-electron chi connectivity index (χ0n) is 15.8. The molecule has 3 aromatic carbocycles. The Labute approximate surface area is 193 Å². The summed E-state index contributed by atoms with van der Waals surface area (Å²) in [5.74, 6) is -0.656. The quantitative estimate of drug-likeness (QED) is 0.376. The largest absolute Gasteiger partial charge is 0.273 e. The van der Waals surface area contributed by atoms with Crippen molar-refractivity contribution >= 4 is 64.2 Å². The van der Waals surface area contributed by atoms with Crippen LogP contribution in [0.1, 0.15) is 5.56 Å². The number of carbonyl (C=O) groups is 2. The predicted molar refractivity (Wildman–Crippen MR) is 125 cm³/mol. The van der Waals surface area contributed by atoms with Gasteiger partial charge in [0.05, 0.1) is 15.5 Å². The molecule has 0 unspecified atom stereocenters. The second kappa shape index (κ2) is 8.90. The third-order valence-corrected chi connectivity index (χ3v) is 7.24. The summed E-state index contributed by atoms with van der Waals surface area (Å²) in [7, 11) is 0. The molecule has 30 heavy (non-hydrogen) atoms. The molecule has 1 heterocycles. The van der Waals surface area contributed by atoms with E-state index in [2.05, 4.69) is 0 Å². The topological polar surface area (TPSA) is 37.4 Å². The molecule has 0 aromatic heterocycles. The lowest BCUT2D eigenvalue weighted by Gasteiger charge is -2.17. The van der Waals surface area contributed by atoms with Crippen molar-refractivity contribution in [1.82, 2.24) is 0 Å². The highest BCUT2D eigenvalue weighted by Crippen LogP contribution is 2.44. The van der Waals surface area contributed by atoms with Crippen molar-refractivity contribution in [3.8, 4) is 0 Å². The van der Waals surface area contributed by atoms with Crippen LogP contribution in [0.15, 0.2) is 92.4 Å². The van der Waals surface area contributed by atoms with Crippen LogP contribution in [0.25, 0.3) is 0 Å². The third kappa shape index (κ3) is 4.30. The van der Waals surface area contributed by atoms with Crippen molar-refractivity contribution in [2.45, 2.75) is 16.7 Å². The molecule has 1 aliphatic rings. The SMILES string of the molecule is Cc1ccccc1N1C(=O)C(Sc2ccc(Cl)cc2)=C(Sc2ccc(Cl)cc2)C1=O. The Hall–Kier alpha value is -2.18. The van der Waals surface area contributed by atoms with Gasteiger partial charge in [0.25, 0.3) is 11.8 Å². The number of halogens is 2. The molecule has 0 spiro atoms. The Morgan fingerprint density at radius 2 is 1.10 bits per heavy atom. The summed E-state index contributed by atoms with van der Waals surface area (Å²) in [6.07, 6.45) is 0. The normalized spacial score (nSPS) is 14.0. The van der Waals surface area contributed by atoms with Crippen LogP contribution in [0.3, 0.4) is 0 Å². The minimum Gasteiger partial charge on any atom is -0.268 e. The van der Waals surface area contributed by atoms with Crippen LogP contribution in [0.2, 0.25) is 10.0 Å². The number of nitrogens with zero attached hydrogens (tertiary/aromatic N) is 1. The van der Waals surface area contributed by atoms with Crippen molar-refractivity contribution in [2.24, 2.45) is 0 Å². The second-order valence-electron chi connectivity index (χ2n) is 6.50. The number of carbonyl (C=O) groups excluding carboxylic acids is 2. The van der Waals surface area contributed by atoms with Gasteiger partial charge in [0.2, 0.25) is 0 Å². The number of aryl methyl sites for hydroxylation is 1. The summed E-state index contributed by atoms with van der Waals surface area (Å²) in [5, 5.41) is 1.22. The fourth-order valence-electron chi connectivity index (χ4n) is 2.94. The van der Waals surface area contributed by atoms with Gasteiger partial charge < -0.3 is 0 Å². The van der Waals surface area contributed by atoms with Gasteiger partial charge in [-0.3, -0.25) is 9.59 Å². The number of rotatable bonds is 5. The molecule has 1 aliphatic heterocycles. The Morgan fingerprint density at radius 1 is 0.667 bits per heavy atom. The summed E-state index contributed by atoms with van der Waals surface area (Å²) in [5.41, 5.74) is 1.45. The van der Waals surface area contributed by atoms with Crippen LogP contribution in [0.4, 0.5) is 5.69 Å². The van der Waals surface area contributed by atoms with Crippen LogP contribution >= 0.6 is 46.7 Å². The lowest BCUT2D eigenvalue weighted by atomic mass is 10.2. The lowest BCUT2D eigenvalue weighted by molar-refractivity contribution is -0.120. The van der Waals surface area contributed by atoms with Crippen LogP contribution in [-0.2, 0) is 9.59 Å². The van der Waals surface area contributed by atoms with E-state index >= 15 is 0 Å². The second-order valence-corrected chi connectivity index (χ2v) is 9.54. The smallest absolute Gasteiger partial charge is 0.268 e. The lowest BCUT2D eigenvalue weighted by Crippen LogP contribution is -2.31. The Bertz CT molecular complexity index is 1090. The molecule has 3 nitrogen and oxygen atoms in total. The number of benzene rings is 3. The molecule has 150 valence electrons. The van der Waals surface area contributed by atoms with Crippen LogP contribution in [0.5, 0.6) is 0 Å². The highest BCUT2D eigenvalue weighted by molar-refractivity contribution is 8.08. The average Bonchev–Trinajstić information content (AvgIpc) is 2.96. The molecule has 0 aliphatic carbocycles. The predicted octanol–water partition coefficient (Wildman–Crippen LogP) is 6.97. The monoisotopic (exact) mass is 471 g/mol. The fraction of sp³-hybridized carbons (Fsp3) is 0.0435. The Balaban J connectivity index is 1.75. The molecule has 0 radical (unpaired) electrons. The first-order chi connectivity index (χ1) is 14.4. The summed E-state index contributed by atoms with van der Waals surface area (Å²) in [6.45, 7) is 1.88. The molecule has 0 N–H and O–H groups in total. The number of thioether (sulfide) groups is 2. The van der Waals surface area contributed by atoms with Crippen molar-refractivity contribution in [1.29, 1.82) is 0 Å². The molecule has 2 amide bonds. The minimum absolute atomic E-state index is 0.328. The van der Waals surface area contributed by atoms with Crippen LogP contribution < -0.4 is 4.90 Å². The first-order valence-electron chi connectivity index (χ1n) is 8.99. The van der Waals surface area contributed by atoms with E-state index in [9.17, 15) is 9.59 Å². The number of amides is 2. The number of anilines is 1. The van der Waals surface area contributed by atoms with E-state index in [0.717, 1.165) is 15.4 Å². The summed E-state index contributed by atoms with van der Waals surface area (Å²) in [4.78, 5) is 30.4. The zero-order valence-corrected chi connectivity index (χ0v) is 18.9. The summed E-state index contributed by atoms with van der Waals surface area (Å²) >= 11 is 14.5. The molecular weight excluding hydrogens is 457 g/mol. The maximum atomic E-state index is 13.4. The van der Waals surface area contributed by atoms with E-state index < -0.39 is 0 Å². The van der Waals surface area contributed by atoms with Gasteiger partial charge in [0.1, 0.15) is 0 Å². The van der Waals surface area contributed by atoms with Crippen molar-refractivity contribution in [3.05, 3.63) is 98.2 Å². The number of para-hydroxylation sites is 1. The van der Waals surface area contributed by atoms with E-state index in [1.807, 2.05) is 49.4 Å². The van der Waals surface area contributed by atoms with Gasteiger partial charge in [-0.15, -0.1) is 0 Å². The molecular formula is C23H15Cl2NO2S2. The number of hydrogen-bond donors (Lipinski definition) is 0. The fourth-order valence-corrected chi connectivity index (χ4v) is 5.18. The van der Waals surface area contributed by atoms with Crippen molar-refractivity contribution in [2.75, 3.05) is 4.90 Å². The van der Waals surface area contributed by atoms with Gasteiger partial charge in [0, 0.05) is 19.8 Å². The molecule has 7 heteroatoms. The van der Waals surface area contributed by atoms with Gasteiger partial charge >= 0.3 is 0 Å². The maximum absolute atomic E-state index is 13.4.